The Hall–Kier alpha value is -2.50. The SMILES string of the molecule is O=C(Nc1ccccc1F)C1CC2CCCCC2N1c1ncccn1. The van der Waals surface area contributed by atoms with Crippen LogP contribution in [0.1, 0.15) is 32.1 Å². The number of hydrogen-bond acceptors (Lipinski definition) is 4. The summed E-state index contributed by atoms with van der Waals surface area (Å²) in [6.07, 6.45) is 8.69. The van der Waals surface area contributed by atoms with Gasteiger partial charge in [-0.25, -0.2) is 14.4 Å². The highest BCUT2D eigenvalue weighted by Gasteiger charge is 2.46. The van der Waals surface area contributed by atoms with Crippen LogP contribution in [0, 0.1) is 11.7 Å². The van der Waals surface area contributed by atoms with Crippen LogP contribution in [-0.4, -0.2) is 28.0 Å². The van der Waals surface area contributed by atoms with E-state index >= 15 is 0 Å². The number of hydrogen-bond donors (Lipinski definition) is 1. The number of amides is 1. The summed E-state index contributed by atoms with van der Waals surface area (Å²) in [4.78, 5) is 23.7. The number of nitrogens with one attached hydrogen (secondary N) is 1. The normalized spacial score (nSPS) is 25.5. The number of fused-ring (bicyclic) bond motifs is 1. The maximum absolute atomic E-state index is 13.9. The van der Waals surface area contributed by atoms with Gasteiger partial charge in [0, 0.05) is 18.4 Å². The molecule has 130 valence electrons. The van der Waals surface area contributed by atoms with Gasteiger partial charge < -0.3 is 10.2 Å². The van der Waals surface area contributed by atoms with Gasteiger partial charge in [0.15, 0.2) is 0 Å². The van der Waals surface area contributed by atoms with Crippen LogP contribution in [0.25, 0.3) is 0 Å². The molecule has 5 nitrogen and oxygen atoms in total. The van der Waals surface area contributed by atoms with Crippen molar-refractivity contribution in [2.75, 3.05) is 10.2 Å². The Balaban J connectivity index is 1.62. The van der Waals surface area contributed by atoms with Gasteiger partial charge in [-0.05, 0) is 43.4 Å². The van der Waals surface area contributed by atoms with E-state index in [4.69, 9.17) is 0 Å². The molecule has 1 aromatic heterocycles. The van der Waals surface area contributed by atoms with Gasteiger partial charge in [0.1, 0.15) is 11.9 Å². The summed E-state index contributed by atoms with van der Waals surface area (Å²) in [5.41, 5.74) is 0.219. The summed E-state index contributed by atoms with van der Waals surface area (Å²) in [6, 6.07) is 7.94. The standard InChI is InChI=1S/C19H21FN4O/c20-14-7-2-3-8-15(14)23-18(25)17-12-13-6-1-4-9-16(13)24(17)19-21-10-5-11-22-19/h2-3,5,7-8,10-11,13,16-17H,1,4,6,9,12H2,(H,23,25). The Kier molecular flexibility index (Phi) is 4.34. The van der Waals surface area contributed by atoms with Crippen molar-refractivity contribution < 1.29 is 9.18 Å². The van der Waals surface area contributed by atoms with Gasteiger partial charge in [0.05, 0.1) is 5.69 Å². The van der Waals surface area contributed by atoms with E-state index in [1.807, 2.05) is 0 Å². The lowest BCUT2D eigenvalue weighted by molar-refractivity contribution is -0.117. The molecule has 1 aliphatic carbocycles. The Labute approximate surface area is 146 Å². The second kappa shape index (κ2) is 6.78. The highest BCUT2D eigenvalue weighted by Crippen LogP contribution is 2.41. The number of carbonyl (C=O) groups is 1. The van der Waals surface area contributed by atoms with Crippen molar-refractivity contribution in [3.05, 3.63) is 48.5 Å². The third-order valence-corrected chi connectivity index (χ3v) is 5.31. The van der Waals surface area contributed by atoms with Gasteiger partial charge in [-0.3, -0.25) is 4.79 Å². The van der Waals surface area contributed by atoms with Crippen LogP contribution in [0.15, 0.2) is 42.7 Å². The molecule has 1 aromatic carbocycles. The van der Waals surface area contributed by atoms with Crippen molar-refractivity contribution in [3.63, 3.8) is 0 Å². The van der Waals surface area contributed by atoms with E-state index in [1.165, 1.54) is 12.5 Å². The number of rotatable bonds is 3. The van der Waals surface area contributed by atoms with Crippen LogP contribution in [-0.2, 0) is 4.79 Å². The fraction of sp³-hybridized carbons (Fsp3) is 0.421. The fourth-order valence-corrected chi connectivity index (χ4v) is 4.18. The summed E-state index contributed by atoms with van der Waals surface area (Å²) in [7, 11) is 0. The van der Waals surface area contributed by atoms with Gasteiger partial charge in [0.2, 0.25) is 11.9 Å². The summed E-state index contributed by atoms with van der Waals surface area (Å²) in [6.45, 7) is 0. The molecule has 3 unspecified atom stereocenters. The first-order valence-corrected chi connectivity index (χ1v) is 8.85. The predicted molar refractivity (Wildman–Crippen MR) is 93.7 cm³/mol. The van der Waals surface area contributed by atoms with Gasteiger partial charge in [-0.1, -0.05) is 25.0 Å². The van der Waals surface area contributed by atoms with Gasteiger partial charge >= 0.3 is 0 Å². The Morgan fingerprint density at radius 1 is 1.12 bits per heavy atom. The number of aromatic nitrogens is 2. The van der Waals surface area contributed by atoms with E-state index in [1.54, 1.807) is 36.7 Å². The first-order chi connectivity index (χ1) is 12.2. The van der Waals surface area contributed by atoms with Gasteiger partial charge in [0.25, 0.3) is 0 Å². The lowest BCUT2D eigenvalue weighted by atomic mass is 9.85. The molecule has 1 amide bonds. The molecule has 1 saturated carbocycles. The number of halogens is 1. The predicted octanol–water partition coefficient (Wildman–Crippen LogP) is 3.39. The first kappa shape index (κ1) is 16.0. The molecule has 2 aromatic rings. The van der Waals surface area contributed by atoms with E-state index in [9.17, 15) is 9.18 Å². The molecule has 4 rings (SSSR count). The number of benzene rings is 1. The maximum Gasteiger partial charge on any atom is 0.247 e. The van der Waals surface area contributed by atoms with Crippen molar-refractivity contribution in [2.45, 2.75) is 44.2 Å². The van der Waals surface area contributed by atoms with Crippen molar-refractivity contribution in [3.8, 4) is 0 Å². The number of para-hydroxylation sites is 1. The van der Waals surface area contributed by atoms with Gasteiger partial charge in [-0.2, -0.15) is 0 Å². The van der Waals surface area contributed by atoms with E-state index in [2.05, 4.69) is 20.2 Å². The molecular formula is C19H21FN4O. The van der Waals surface area contributed by atoms with Crippen molar-refractivity contribution >= 4 is 17.5 Å². The van der Waals surface area contributed by atoms with Crippen LogP contribution < -0.4 is 10.2 Å². The highest BCUT2D eigenvalue weighted by molar-refractivity contribution is 5.97. The second-order valence-corrected chi connectivity index (χ2v) is 6.79. The van der Waals surface area contributed by atoms with Gasteiger partial charge in [-0.15, -0.1) is 0 Å². The Morgan fingerprint density at radius 2 is 1.88 bits per heavy atom. The maximum atomic E-state index is 13.9. The van der Waals surface area contributed by atoms with E-state index in [0.717, 1.165) is 25.7 Å². The molecular weight excluding hydrogens is 319 g/mol. The first-order valence-electron chi connectivity index (χ1n) is 8.85. The molecule has 0 spiro atoms. The summed E-state index contributed by atoms with van der Waals surface area (Å²) in [5.74, 6) is 0.445. The average molecular weight is 340 g/mol. The van der Waals surface area contributed by atoms with Crippen molar-refractivity contribution in [1.29, 1.82) is 0 Å². The zero-order valence-corrected chi connectivity index (χ0v) is 13.9. The lowest BCUT2D eigenvalue weighted by Gasteiger charge is -2.33. The molecule has 3 atom stereocenters. The molecule has 2 aliphatic rings. The smallest absolute Gasteiger partial charge is 0.247 e. The molecule has 25 heavy (non-hydrogen) atoms. The number of carbonyl (C=O) groups excluding carboxylic acids is 1. The molecule has 6 heteroatoms. The molecule has 2 fully saturated rings. The summed E-state index contributed by atoms with van der Waals surface area (Å²) >= 11 is 0. The number of nitrogens with zero attached hydrogens (tertiary/aromatic N) is 3. The van der Waals surface area contributed by atoms with E-state index < -0.39 is 5.82 Å². The quantitative estimate of drug-likeness (QED) is 0.930. The fourth-order valence-electron chi connectivity index (χ4n) is 4.18. The Bertz CT molecular complexity index is 754. The zero-order valence-electron chi connectivity index (χ0n) is 13.9. The van der Waals surface area contributed by atoms with Crippen LogP contribution in [0.4, 0.5) is 16.0 Å². The lowest BCUT2D eigenvalue weighted by Crippen LogP contribution is -2.45. The van der Waals surface area contributed by atoms with Crippen molar-refractivity contribution in [2.24, 2.45) is 5.92 Å². The van der Waals surface area contributed by atoms with Crippen LogP contribution in [0.2, 0.25) is 0 Å². The van der Waals surface area contributed by atoms with Crippen molar-refractivity contribution in [1.82, 2.24) is 9.97 Å². The molecule has 0 radical (unpaired) electrons. The highest BCUT2D eigenvalue weighted by atomic mass is 19.1. The minimum absolute atomic E-state index is 0.188. The van der Waals surface area contributed by atoms with Crippen LogP contribution >= 0.6 is 0 Å². The van der Waals surface area contributed by atoms with E-state index in [0.29, 0.717) is 11.9 Å². The minimum Gasteiger partial charge on any atom is -0.326 e. The topological polar surface area (TPSA) is 58.1 Å². The average Bonchev–Trinajstić information content (AvgIpc) is 3.04. The molecule has 1 N–H and O–H groups in total. The Morgan fingerprint density at radius 3 is 2.68 bits per heavy atom. The van der Waals surface area contributed by atoms with Crippen LogP contribution in [0.3, 0.4) is 0 Å². The summed E-state index contributed by atoms with van der Waals surface area (Å²) in [5, 5.41) is 2.75. The third kappa shape index (κ3) is 3.08. The minimum atomic E-state index is -0.422. The van der Waals surface area contributed by atoms with Crippen LogP contribution in [0.5, 0.6) is 0 Å². The third-order valence-electron chi connectivity index (χ3n) is 5.31. The monoisotopic (exact) mass is 340 g/mol. The second-order valence-electron chi connectivity index (χ2n) is 6.79. The number of anilines is 2. The summed E-state index contributed by atoms with van der Waals surface area (Å²) < 4.78 is 13.9. The van der Waals surface area contributed by atoms with E-state index in [-0.39, 0.29) is 23.7 Å². The molecule has 1 saturated heterocycles. The molecule has 2 heterocycles. The molecule has 0 bridgehead atoms. The molecule has 1 aliphatic heterocycles. The zero-order chi connectivity index (χ0) is 17.2. The largest absolute Gasteiger partial charge is 0.326 e.